The van der Waals surface area contributed by atoms with Crippen molar-refractivity contribution < 1.29 is 9.26 Å². The molecule has 2 aromatic rings. The molecule has 0 aliphatic heterocycles. The summed E-state index contributed by atoms with van der Waals surface area (Å²) in [6.45, 7) is 2.63. The van der Waals surface area contributed by atoms with Crippen molar-refractivity contribution in [2.45, 2.75) is 19.2 Å². The lowest BCUT2D eigenvalue weighted by Crippen LogP contribution is -1.92. The number of aromatic nitrogens is 2. The molecular formula is C12H13ClN2O2. The lowest BCUT2D eigenvalue weighted by molar-refractivity contribution is 0.340. The fourth-order valence-corrected chi connectivity index (χ4v) is 1.57. The number of ether oxygens (including phenoxy) is 1. The monoisotopic (exact) mass is 252 g/mol. The largest absolute Gasteiger partial charge is 0.494 e. The molecule has 0 aliphatic rings. The zero-order valence-electron chi connectivity index (χ0n) is 9.52. The van der Waals surface area contributed by atoms with Crippen LogP contribution in [0.15, 0.2) is 28.8 Å². The number of rotatable bonds is 5. The lowest BCUT2D eigenvalue weighted by Gasteiger charge is -2.03. The zero-order valence-corrected chi connectivity index (χ0v) is 10.3. The van der Waals surface area contributed by atoms with Crippen LogP contribution in [0.4, 0.5) is 0 Å². The Morgan fingerprint density at radius 2 is 2.06 bits per heavy atom. The van der Waals surface area contributed by atoms with Crippen LogP contribution in [-0.4, -0.2) is 16.7 Å². The Hall–Kier alpha value is -1.55. The summed E-state index contributed by atoms with van der Waals surface area (Å²) in [4.78, 5) is 4.14. The Bertz CT molecular complexity index is 468. The molecule has 0 saturated heterocycles. The van der Waals surface area contributed by atoms with Crippen molar-refractivity contribution in [3.8, 4) is 5.75 Å². The van der Waals surface area contributed by atoms with Crippen LogP contribution in [0.5, 0.6) is 5.75 Å². The molecule has 0 spiro atoms. The van der Waals surface area contributed by atoms with E-state index < -0.39 is 0 Å². The average molecular weight is 253 g/mol. The van der Waals surface area contributed by atoms with Crippen molar-refractivity contribution >= 4 is 11.6 Å². The predicted molar refractivity (Wildman–Crippen MR) is 64.3 cm³/mol. The number of hydrogen-bond acceptors (Lipinski definition) is 4. The van der Waals surface area contributed by atoms with E-state index in [0.29, 0.717) is 24.7 Å². The summed E-state index contributed by atoms with van der Waals surface area (Å²) >= 11 is 5.60. The molecule has 0 radical (unpaired) electrons. The van der Waals surface area contributed by atoms with E-state index in [1.54, 1.807) is 0 Å². The van der Waals surface area contributed by atoms with Crippen LogP contribution in [-0.2, 0) is 12.3 Å². The van der Waals surface area contributed by atoms with Gasteiger partial charge >= 0.3 is 0 Å². The SMILES string of the molecule is CCOc1ccc(Cc2nc(CCl)no2)cc1. The van der Waals surface area contributed by atoms with Gasteiger partial charge in [-0.05, 0) is 24.6 Å². The van der Waals surface area contributed by atoms with Crippen LogP contribution >= 0.6 is 11.6 Å². The van der Waals surface area contributed by atoms with E-state index in [4.69, 9.17) is 20.9 Å². The molecule has 2 rings (SSSR count). The Kier molecular flexibility index (Phi) is 3.98. The first-order valence-electron chi connectivity index (χ1n) is 5.41. The van der Waals surface area contributed by atoms with Gasteiger partial charge in [0.05, 0.1) is 18.9 Å². The molecular weight excluding hydrogens is 240 g/mol. The molecule has 5 heteroatoms. The number of nitrogens with zero attached hydrogens (tertiary/aromatic N) is 2. The van der Waals surface area contributed by atoms with Gasteiger partial charge in [0.25, 0.3) is 0 Å². The fourth-order valence-electron chi connectivity index (χ4n) is 1.46. The van der Waals surface area contributed by atoms with Crippen LogP contribution in [0.3, 0.4) is 0 Å². The maximum atomic E-state index is 5.60. The molecule has 4 nitrogen and oxygen atoms in total. The van der Waals surface area contributed by atoms with Gasteiger partial charge in [-0.25, -0.2) is 0 Å². The van der Waals surface area contributed by atoms with E-state index in [2.05, 4.69) is 10.1 Å². The van der Waals surface area contributed by atoms with Crippen molar-refractivity contribution in [2.75, 3.05) is 6.61 Å². The van der Waals surface area contributed by atoms with Crippen LogP contribution in [0.1, 0.15) is 24.2 Å². The van der Waals surface area contributed by atoms with E-state index in [1.165, 1.54) is 0 Å². The van der Waals surface area contributed by atoms with Gasteiger partial charge in [-0.1, -0.05) is 17.3 Å². The second kappa shape index (κ2) is 5.68. The van der Waals surface area contributed by atoms with Crippen molar-refractivity contribution in [3.05, 3.63) is 41.5 Å². The summed E-state index contributed by atoms with van der Waals surface area (Å²) in [5.74, 6) is 2.23. The maximum Gasteiger partial charge on any atom is 0.231 e. The Balaban J connectivity index is 2.03. The highest BCUT2D eigenvalue weighted by molar-refractivity contribution is 6.16. The van der Waals surface area contributed by atoms with E-state index in [9.17, 15) is 0 Å². The van der Waals surface area contributed by atoms with Crippen LogP contribution in [0, 0.1) is 0 Å². The molecule has 0 N–H and O–H groups in total. The van der Waals surface area contributed by atoms with E-state index in [-0.39, 0.29) is 5.88 Å². The number of alkyl halides is 1. The van der Waals surface area contributed by atoms with Crippen LogP contribution in [0.25, 0.3) is 0 Å². The van der Waals surface area contributed by atoms with E-state index in [1.807, 2.05) is 31.2 Å². The molecule has 1 aromatic heterocycles. The summed E-state index contributed by atoms with van der Waals surface area (Å²) in [5.41, 5.74) is 1.10. The molecule has 0 amide bonds. The smallest absolute Gasteiger partial charge is 0.231 e. The normalized spacial score (nSPS) is 10.5. The van der Waals surface area contributed by atoms with Crippen molar-refractivity contribution in [3.63, 3.8) is 0 Å². The summed E-state index contributed by atoms with van der Waals surface area (Å²) in [6, 6.07) is 7.82. The summed E-state index contributed by atoms with van der Waals surface area (Å²) in [7, 11) is 0. The minimum Gasteiger partial charge on any atom is -0.494 e. The maximum absolute atomic E-state index is 5.60. The second-order valence-corrected chi connectivity index (χ2v) is 3.76. The van der Waals surface area contributed by atoms with Crippen LogP contribution in [0.2, 0.25) is 0 Å². The van der Waals surface area contributed by atoms with Crippen LogP contribution < -0.4 is 4.74 Å². The highest BCUT2D eigenvalue weighted by atomic mass is 35.5. The minimum atomic E-state index is 0.271. The van der Waals surface area contributed by atoms with Gasteiger partial charge in [0.15, 0.2) is 5.82 Å². The van der Waals surface area contributed by atoms with Gasteiger partial charge < -0.3 is 9.26 Å². The zero-order chi connectivity index (χ0) is 12.1. The highest BCUT2D eigenvalue weighted by Crippen LogP contribution is 2.14. The molecule has 0 unspecified atom stereocenters. The summed E-state index contributed by atoms with van der Waals surface area (Å²) in [5, 5.41) is 3.74. The first-order chi connectivity index (χ1) is 8.31. The van der Waals surface area contributed by atoms with E-state index in [0.717, 1.165) is 11.3 Å². The lowest BCUT2D eigenvalue weighted by atomic mass is 10.1. The molecule has 17 heavy (non-hydrogen) atoms. The molecule has 0 atom stereocenters. The number of halogens is 1. The number of hydrogen-bond donors (Lipinski definition) is 0. The molecule has 0 bridgehead atoms. The molecule has 1 aromatic carbocycles. The van der Waals surface area contributed by atoms with Crippen molar-refractivity contribution in [2.24, 2.45) is 0 Å². The first-order valence-corrected chi connectivity index (χ1v) is 5.94. The molecule has 90 valence electrons. The Morgan fingerprint density at radius 3 is 2.65 bits per heavy atom. The van der Waals surface area contributed by atoms with Gasteiger partial charge in [0, 0.05) is 0 Å². The van der Waals surface area contributed by atoms with Gasteiger partial charge in [-0.15, -0.1) is 11.6 Å². The number of benzene rings is 1. The third-order valence-corrected chi connectivity index (χ3v) is 2.46. The first kappa shape index (κ1) is 11.9. The van der Waals surface area contributed by atoms with Gasteiger partial charge in [-0.3, -0.25) is 0 Å². The van der Waals surface area contributed by atoms with Gasteiger partial charge in [-0.2, -0.15) is 4.98 Å². The third-order valence-electron chi connectivity index (χ3n) is 2.22. The molecule has 1 heterocycles. The predicted octanol–water partition coefficient (Wildman–Crippen LogP) is 2.80. The van der Waals surface area contributed by atoms with Gasteiger partial charge in [0.2, 0.25) is 5.89 Å². The topological polar surface area (TPSA) is 48.2 Å². The molecule has 0 fully saturated rings. The standard InChI is InChI=1S/C12H13ClN2O2/c1-2-16-10-5-3-9(4-6-10)7-12-14-11(8-13)15-17-12/h3-6H,2,7-8H2,1H3. The highest BCUT2D eigenvalue weighted by Gasteiger charge is 2.06. The Morgan fingerprint density at radius 1 is 1.29 bits per heavy atom. The molecule has 0 aliphatic carbocycles. The quantitative estimate of drug-likeness (QED) is 0.768. The summed E-state index contributed by atoms with van der Waals surface area (Å²) in [6.07, 6.45) is 0.607. The fraction of sp³-hybridized carbons (Fsp3) is 0.333. The second-order valence-electron chi connectivity index (χ2n) is 3.49. The van der Waals surface area contributed by atoms with E-state index >= 15 is 0 Å². The summed E-state index contributed by atoms with van der Waals surface area (Å²) < 4.78 is 10.4. The third kappa shape index (κ3) is 3.20. The van der Waals surface area contributed by atoms with Gasteiger partial charge in [0.1, 0.15) is 5.75 Å². The van der Waals surface area contributed by atoms with Crippen molar-refractivity contribution in [1.82, 2.24) is 10.1 Å². The Labute approximate surface area is 105 Å². The van der Waals surface area contributed by atoms with Crippen molar-refractivity contribution in [1.29, 1.82) is 0 Å². The minimum absolute atomic E-state index is 0.271. The molecule has 0 saturated carbocycles. The average Bonchev–Trinajstić information content (AvgIpc) is 2.80.